The van der Waals surface area contributed by atoms with E-state index in [1.54, 1.807) is 25.8 Å². The molecule has 0 heterocycles. The van der Waals surface area contributed by atoms with E-state index in [2.05, 4.69) is 6.92 Å². The van der Waals surface area contributed by atoms with E-state index in [1.165, 1.54) is 12.8 Å². The molecule has 0 aliphatic carbocycles. The first kappa shape index (κ1) is 16.4. The molecule has 3 nitrogen and oxygen atoms in total. The number of nitrogens with zero attached hydrogens (tertiary/aromatic N) is 1. The first-order valence-corrected chi connectivity index (χ1v) is 6.58. The summed E-state index contributed by atoms with van der Waals surface area (Å²) in [6.45, 7) is 9.97. The van der Waals surface area contributed by atoms with Crippen molar-refractivity contribution in [1.82, 2.24) is 4.90 Å². The Balaban J connectivity index is 4.35. The Hall–Kier alpha value is -0.570. The highest BCUT2D eigenvalue weighted by atomic mass is 16.3. The summed E-state index contributed by atoms with van der Waals surface area (Å²) in [4.78, 5) is 13.9. The van der Waals surface area contributed by atoms with Gasteiger partial charge in [-0.05, 0) is 20.3 Å². The molecule has 0 aliphatic heterocycles. The number of aliphatic hydroxyl groups is 1. The topological polar surface area (TPSA) is 40.5 Å². The Labute approximate surface area is 106 Å². The monoisotopic (exact) mass is 243 g/mol. The van der Waals surface area contributed by atoms with Gasteiger partial charge in [0.1, 0.15) is 0 Å². The lowest BCUT2D eigenvalue weighted by Crippen LogP contribution is -2.45. The van der Waals surface area contributed by atoms with Crippen LogP contribution in [0.25, 0.3) is 0 Å². The highest BCUT2D eigenvalue weighted by Crippen LogP contribution is 2.26. The summed E-state index contributed by atoms with van der Waals surface area (Å²) >= 11 is 0. The van der Waals surface area contributed by atoms with E-state index in [-0.39, 0.29) is 11.3 Å². The van der Waals surface area contributed by atoms with Crippen LogP contribution < -0.4 is 0 Å². The van der Waals surface area contributed by atoms with Crippen molar-refractivity contribution < 1.29 is 9.90 Å². The Morgan fingerprint density at radius 3 is 2.12 bits per heavy atom. The summed E-state index contributed by atoms with van der Waals surface area (Å²) in [6.07, 6.45) is 4.34. The molecule has 0 saturated carbocycles. The molecule has 1 N–H and O–H groups in total. The van der Waals surface area contributed by atoms with Crippen LogP contribution in [0, 0.1) is 5.41 Å². The van der Waals surface area contributed by atoms with Gasteiger partial charge in [-0.2, -0.15) is 0 Å². The maximum Gasteiger partial charge on any atom is 0.228 e. The Bertz CT molecular complexity index is 241. The molecule has 0 aromatic carbocycles. The zero-order valence-electron chi connectivity index (χ0n) is 12.3. The summed E-state index contributed by atoms with van der Waals surface area (Å²) in [5, 5.41) is 9.72. The van der Waals surface area contributed by atoms with Crippen molar-refractivity contribution in [2.24, 2.45) is 5.41 Å². The maximum atomic E-state index is 12.3. The van der Waals surface area contributed by atoms with E-state index in [0.29, 0.717) is 6.54 Å². The van der Waals surface area contributed by atoms with Gasteiger partial charge in [0, 0.05) is 19.0 Å². The molecule has 1 amide bonds. The van der Waals surface area contributed by atoms with E-state index >= 15 is 0 Å². The van der Waals surface area contributed by atoms with Crippen LogP contribution in [0.1, 0.15) is 60.3 Å². The van der Waals surface area contributed by atoms with Crippen LogP contribution in [0.4, 0.5) is 0 Å². The summed E-state index contributed by atoms with van der Waals surface area (Å²) in [7, 11) is 1.77. The molecule has 0 aliphatic rings. The zero-order chi connectivity index (χ0) is 13.7. The van der Waals surface area contributed by atoms with Crippen LogP contribution >= 0.6 is 0 Å². The molecule has 3 heteroatoms. The van der Waals surface area contributed by atoms with Gasteiger partial charge in [0.15, 0.2) is 0 Å². The van der Waals surface area contributed by atoms with Gasteiger partial charge in [0.2, 0.25) is 5.91 Å². The third kappa shape index (κ3) is 6.67. The smallest absolute Gasteiger partial charge is 0.228 e. The molecule has 0 aromatic rings. The minimum absolute atomic E-state index is 0.121. The quantitative estimate of drug-likeness (QED) is 0.698. The average molecular weight is 243 g/mol. The van der Waals surface area contributed by atoms with Gasteiger partial charge in [-0.1, -0.05) is 40.0 Å². The summed E-state index contributed by atoms with van der Waals surface area (Å²) < 4.78 is 0. The van der Waals surface area contributed by atoms with Crippen molar-refractivity contribution in [3.8, 4) is 0 Å². The van der Waals surface area contributed by atoms with Crippen molar-refractivity contribution in [3.05, 3.63) is 0 Å². The van der Waals surface area contributed by atoms with E-state index in [9.17, 15) is 9.90 Å². The Kier molecular flexibility index (Phi) is 6.17. The molecule has 0 aromatic heterocycles. The standard InChI is InChI=1S/C14H29NO2/c1-7-8-9-10-13(2,3)12(16)15(6)11-14(4,5)17/h17H,7-11H2,1-6H3. The number of unbranched alkanes of at least 4 members (excludes halogenated alkanes) is 2. The summed E-state index contributed by atoms with van der Waals surface area (Å²) in [5.41, 5.74) is -1.15. The van der Waals surface area contributed by atoms with Gasteiger partial charge in [-0.3, -0.25) is 4.79 Å². The van der Waals surface area contributed by atoms with E-state index in [0.717, 1.165) is 12.8 Å². The number of hydrogen-bond donors (Lipinski definition) is 1. The lowest BCUT2D eigenvalue weighted by molar-refractivity contribution is -0.142. The molecule has 0 radical (unpaired) electrons. The summed E-state index contributed by atoms with van der Waals surface area (Å²) in [5.74, 6) is 0.121. The number of carbonyl (C=O) groups excluding carboxylic acids is 1. The second kappa shape index (κ2) is 6.39. The van der Waals surface area contributed by atoms with E-state index < -0.39 is 5.60 Å². The molecular formula is C14H29NO2. The van der Waals surface area contributed by atoms with Crippen LogP contribution in [0.3, 0.4) is 0 Å². The van der Waals surface area contributed by atoms with Gasteiger partial charge >= 0.3 is 0 Å². The predicted molar refractivity (Wildman–Crippen MR) is 71.9 cm³/mol. The number of hydrogen-bond acceptors (Lipinski definition) is 2. The second-order valence-electron chi connectivity index (χ2n) is 6.31. The highest BCUT2D eigenvalue weighted by Gasteiger charge is 2.31. The maximum absolute atomic E-state index is 12.3. The first-order valence-electron chi connectivity index (χ1n) is 6.58. The number of likely N-dealkylation sites (N-methyl/N-ethyl adjacent to an activating group) is 1. The first-order chi connectivity index (χ1) is 7.60. The molecule has 0 bridgehead atoms. The van der Waals surface area contributed by atoms with Crippen molar-refractivity contribution in [1.29, 1.82) is 0 Å². The zero-order valence-corrected chi connectivity index (χ0v) is 12.3. The fourth-order valence-electron chi connectivity index (χ4n) is 2.09. The van der Waals surface area contributed by atoms with Crippen LogP contribution in [-0.2, 0) is 4.79 Å². The molecule has 0 fully saturated rings. The van der Waals surface area contributed by atoms with Gasteiger partial charge in [-0.15, -0.1) is 0 Å². The SMILES string of the molecule is CCCCCC(C)(C)C(=O)N(C)CC(C)(C)O. The number of rotatable bonds is 7. The third-order valence-corrected chi connectivity index (χ3v) is 2.96. The third-order valence-electron chi connectivity index (χ3n) is 2.96. The number of amides is 1. The van der Waals surface area contributed by atoms with Crippen molar-refractivity contribution >= 4 is 5.91 Å². The Morgan fingerprint density at radius 1 is 1.18 bits per heavy atom. The second-order valence-corrected chi connectivity index (χ2v) is 6.31. The van der Waals surface area contributed by atoms with E-state index in [4.69, 9.17) is 0 Å². The molecule has 0 rings (SSSR count). The van der Waals surface area contributed by atoms with Crippen molar-refractivity contribution in [3.63, 3.8) is 0 Å². The molecule has 0 atom stereocenters. The predicted octanol–water partition coefficient (Wildman–Crippen LogP) is 2.82. The van der Waals surface area contributed by atoms with Gasteiger partial charge < -0.3 is 10.0 Å². The lowest BCUT2D eigenvalue weighted by atomic mass is 9.85. The molecule has 0 unspecified atom stereocenters. The molecule has 17 heavy (non-hydrogen) atoms. The van der Waals surface area contributed by atoms with Gasteiger partial charge in [0.05, 0.1) is 5.60 Å². The lowest BCUT2D eigenvalue weighted by Gasteiger charge is -2.32. The van der Waals surface area contributed by atoms with Crippen molar-refractivity contribution in [2.75, 3.05) is 13.6 Å². The molecular weight excluding hydrogens is 214 g/mol. The van der Waals surface area contributed by atoms with Crippen LogP contribution in [-0.4, -0.2) is 35.1 Å². The fraction of sp³-hybridized carbons (Fsp3) is 0.929. The normalized spacial score (nSPS) is 12.6. The molecule has 102 valence electrons. The minimum atomic E-state index is -0.829. The van der Waals surface area contributed by atoms with Gasteiger partial charge in [-0.25, -0.2) is 0 Å². The van der Waals surface area contributed by atoms with Crippen LogP contribution in [0.15, 0.2) is 0 Å². The van der Waals surface area contributed by atoms with Crippen LogP contribution in [0.5, 0.6) is 0 Å². The average Bonchev–Trinajstić information content (AvgIpc) is 2.14. The summed E-state index contributed by atoms with van der Waals surface area (Å²) in [6, 6.07) is 0. The minimum Gasteiger partial charge on any atom is -0.389 e. The Morgan fingerprint density at radius 2 is 1.71 bits per heavy atom. The molecule has 0 saturated heterocycles. The molecule has 0 spiro atoms. The van der Waals surface area contributed by atoms with Crippen LogP contribution in [0.2, 0.25) is 0 Å². The van der Waals surface area contributed by atoms with Crippen molar-refractivity contribution in [2.45, 2.75) is 65.9 Å². The largest absolute Gasteiger partial charge is 0.389 e. The number of carbonyl (C=O) groups is 1. The fourth-order valence-corrected chi connectivity index (χ4v) is 2.09. The van der Waals surface area contributed by atoms with Gasteiger partial charge in [0.25, 0.3) is 0 Å². The highest BCUT2D eigenvalue weighted by molar-refractivity contribution is 5.81. The van der Waals surface area contributed by atoms with E-state index in [1.807, 2.05) is 13.8 Å².